The summed E-state index contributed by atoms with van der Waals surface area (Å²) in [6.07, 6.45) is 14.3. The molecule has 2 aliphatic carbocycles. The predicted octanol–water partition coefficient (Wildman–Crippen LogP) is 1.75. The maximum Gasteiger partial charge on any atom is 0.328 e. The molecule has 0 bridgehead atoms. The topological polar surface area (TPSA) is 171 Å². The van der Waals surface area contributed by atoms with Gasteiger partial charge >= 0.3 is 17.9 Å². The fraction of sp³-hybridized carbons (Fsp3) is 0.567. The third-order valence-electron chi connectivity index (χ3n) is 8.24. The number of likely N-dealkylation sites (tertiary alicyclic amines) is 1. The highest BCUT2D eigenvalue weighted by molar-refractivity contribution is 6.05. The number of carboxylic acid groups (broad SMARTS) is 2. The Kier molecular flexibility index (Phi) is 11.4. The molecule has 3 atom stereocenters. The summed E-state index contributed by atoms with van der Waals surface area (Å²) in [7, 11) is 0. The van der Waals surface area contributed by atoms with Crippen LogP contribution in [0.4, 0.5) is 5.95 Å². The number of ether oxygens (including phenoxy) is 1. The quantitative estimate of drug-likeness (QED) is 0.183. The van der Waals surface area contributed by atoms with E-state index in [4.69, 9.17) is 14.9 Å². The third kappa shape index (κ3) is 8.93. The van der Waals surface area contributed by atoms with Crippen LogP contribution in [0.2, 0.25) is 0 Å². The highest BCUT2D eigenvalue weighted by Gasteiger charge is 2.48. The van der Waals surface area contributed by atoms with Gasteiger partial charge in [0.1, 0.15) is 6.10 Å². The van der Waals surface area contributed by atoms with Crippen molar-refractivity contribution in [3.05, 3.63) is 42.8 Å². The van der Waals surface area contributed by atoms with Gasteiger partial charge in [0.05, 0.1) is 24.3 Å². The fourth-order valence-corrected chi connectivity index (χ4v) is 6.00. The highest BCUT2D eigenvalue weighted by atomic mass is 16.5. The number of allylic oxidation sites excluding steroid dienone is 2. The van der Waals surface area contributed by atoms with E-state index in [1.54, 1.807) is 18.5 Å². The van der Waals surface area contributed by atoms with Crippen molar-refractivity contribution in [2.24, 2.45) is 17.8 Å². The number of aliphatic carboxylic acids is 2. The lowest BCUT2D eigenvalue weighted by Crippen LogP contribution is -2.52. The second kappa shape index (κ2) is 15.4. The van der Waals surface area contributed by atoms with Crippen molar-refractivity contribution in [3.63, 3.8) is 0 Å². The minimum absolute atomic E-state index is 0.0740. The van der Waals surface area contributed by atoms with Crippen LogP contribution in [-0.4, -0.2) is 105 Å². The molecule has 1 aromatic rings. The van der Waals surface area contributed by atoms with E-state index in [1.165, 1.54) is 4.90 Å². The molecule has 3 fully saturated rings. The van der Waals surface area contributed by atoms with Crippen molar-refractivity contribution >= 4 is 35.7 Å². The van der Waals surface area contributed by atoms with Gasteiger partial charge in [-0.3, -0.25) is 24.2 Å². The number of esters is 1. The van der Waals surface area contributed by atoms with Gasteiger partial charge in [0.2, 0.25) is 17.8 Å². The van der Waals surface area contributed by atoms with Crippen LogP contribution in [0.5, 0.6) is 0 Å². The first-order chi connectivity index (χ1) is 20.7. The molecule has 43 heavy (non-hydrogen) atoms. The molecule has 5 rings (SSSR count). The summed E-state index contributed by atoms with van der Waals surface area (Å²) in [5.74, 6) is -2.81. The van der Waals surface area contributed by atoms with E-state index in [9.17, 15) is 24.0 Å². The molecule has 13 nitrogen and oxygen atoms in total. The maximum absolute atomic E-state index is 13.1. The average molecular weight is 598 g/mol. The monoisotopic (exact) mass is 597 g/mol. The van der Waals surface area contributed by atoms with Gasteiger partial charge in [-0.1, -0.05) is 31.4 Å². The molecule has 2 amide bonds. The lowest BCUT2D eigenvalue weighted by Gasteiger charge is -2.37. The predicted molar refractivity (Wildman–Crippen MR) is 154 cm³/mol. The summed E-state index contributed by atoms with van der Waals surface area (Å²) in [5.41, 5.74) is 0. The van der Waals surface area contributed by atoms with Gasteiger partial charge in [-0.05, 0) is 31.7 Å². The highest BCUT2D eigenvalue weighted by Crippen LogP contribution is 2.35. The Bertz CT molecular complexity index is 1170. The number of carboxylic acids is 2. The zero-order valence-electron chi connectivity index (χ0n) is 24.1. The number of carbonyl (C=O) groups is 5. The van der Waals surface area contributed by atoms with Crippen LogP contribution in [0, 0.1) is 17.8 Å². The van der Waals surface area contributed by atoms with Crippen LogP contribution in [0.25, 0.3) is 0 Å². The summed E-state index contributed by atoms with van der Waals surface area (Å²) < 4.78 is 6.04. The third-order valence-corrected chi connectivity index (χ3v) is 8.24. The van der Waals surface area contributed by atoms with E-state index in [0.717, 1.165) is 64.2 Å². The Hall–Kier alpha value is -4.13. The van der Waals surface area contributed by atoms with Gasteiger partial charge in [0.25, 0.3) is 0 Å². The largest absolute Gasteiger partial charge is 0.478 e. The van der Waals surface area contributed by atoms with Crippen molar-refractivity contribution in [1.82, 2.24) is 19.8 Å². The lowest BCUT2D eigenvalue weighted by atomic mass is 9.85. The molecule has 1 aromatic heterocycles. The normalized spacial score (nSPS) is 23.4. The molecule has 0 spiro atoms. The van der Waals surface area contributed by atoms with E-state index in [1.807, 2.05) is 12.2 Å². The number of hydrogen-bond donors (Lipinski definition) is 2. The van der Waals surface area contributed by atoms with E-state index >= 15 is 0 Å². The first kappa shape index (κ1) is 31.8. The Morgan fingerprint density at radius 3 is 1.95 bits per heavy atom. The molecule has 4 aliphatic rings. The Balaban J connectivity index is 0.000000467. The second-order valence-electron chi connectivity index (χ2n) is 11.2. The zero-order valence-corrected chi connectivity index (χ0v) is 24.1. The Morgan fingerprint density at radius 2 is 1.42 bits per heavy atom. The molecule has 2 aliphatic heterocycles. The number of nitrogens with zero attached hydrogens (tertiary/aromatic N) is 5. The van der Waals surface area contributed by atoms with Gasteiger partial charge in [-0.2, -0.15) is 0 Å². The second-order valence-corrected chi connectivity index (χ2v) is 11.2. The molecule has 1 saturated carbocycles. The van der Waals surface area contributed by atoms with Crippen LogP contribution in [-0.2, 0) is 28.7 Å². The van der Waals surface area contributed by atoms with Crippen LogP contribution < -0.4 is 4.90 Å². The first-order valence-electron chi connectivity index (χ1n) is 14.8. The molecule has 3 heterocycles. The van der Waals surface area contributed by atoms with E-state index in [2.05, 4.69) is 19.8 Å². The number of piperazine rings is 1. The summed E-state index contributed by atoms with van der Waals surface area (Å²) in [6.45, 7) is 3.73. The van der Waals surface area contributed by atoms with Gasteiger partial charge < -0.3 is 19.8 Å². The Labute approximate surface area is 250 Å². The van der Waals surface area contributed by atoms with Crippen LogP contribution in [0.3, 0.4) is 0 Å². The molecule has 0 aromatic carbocycles. The van der Waals surface area contributed by atoms with Crippen molar-refractivity contribution in [3.8, 4) is 0 Å². The van der Waals surface area contributed by atoms with Gasteiger partial charge in [-0.25, -0.2) is 19.6 Å². The van der Waals surface area contributed by atoms with Crippen LogP contribution in [0.1, 0.15) is 44.9 Å². The Morgan fingerprint density at radius 1 is 0.860 bits per heavy atom. The van der Waals surface area contributed by atoms with Gasteiger partial charge in [0, 0.05) is 57.3 Å². The summed E-state index contributed by atoms with van der Waals surface area (Å²) >= 11 is 0. The summed E-state index contributed by atoms with van der Waals surface area (Å²) in [5, 5.41) is 15.6. The molecule has 13 heteroatoms. The smallest absolute Gasteiger partial charge is 0.328 e. The molecule has 2 N–H and O–H groups in total. The first-order valence-corrected chi connectivity index (χ1v) is 14.8. The average Bonchev–Trinajstić information content (AvgIpc) is 3.26. The summed E-state index contributed by atoms with van der Waals surface area (Å²) in [6, 6.07) is 1.80. The number of amides is 2. The standard InChI is InChI=1S/C26H35N5O4.C4H4O4/c32-23-21-9-4-5-10-22(21)24(33)31(23)18-20(35-25(34)19-7-2-1-3-8-19)17-29-13-15-30(16-14-29)26-27-11-6-12-28-26;5-3(6)1-2-4(7)8/h4-6,11-12,19-22H,1-3,7-10,13-18H2;1-2H,(H,5,6)(H,7,8)/b;2-1-/t20?,21-,22+;. The molecule has 0 radical (unpaired) electrons. The van der Waals surface area contributed by atoms with Crippen molar-refractivity contribution in [1.29, 1.82) is 0 Å². The summed E-state index contributed by atoms with van der Waals surface area (Å²) in [4.78, 5) is 72.7. The number of carbonyl (C=O) groups excluding carboxylic acids is 3. The number of imide groups is 1. The lowest BCUT2D eigenvalue weighted by molar-refractivity contribution is -0.160. The molecular weight excluding hydrogens is 558 g/mol. The van der Waals surface area contributed by atoms with E-state index in [-0.39, 0.29) is 42.1 Å². The van der Waals surface area contributed by atoms with Crippen molar-refractivity contribution in [2.75, 3.05) is 44.2 Å². The molecule has 232 valence electrons. The number of hydrogen-bond acceptors (Lipinski definition) is 10. The molecule has 1 unspecified atom stereocenters. The van der Waals surface area contributed by atoms with E-state index in [0.29, 0.717) is 31.5 Å². The van der Waals surface area contributed by atoms with Crippen molar-refractivity contribution in [2.45, 2.75) is 51.0 Å². The number of fused-ring (bicyclic) bond motifs is 1. The minimum Gasteiger partial charge on any atom is -0.478 e. The van der Waals surface area contributed by atoms with Crippen molar-refractivity contribution < 1.29 is 38.9 Å². The molecular formula is C30H39N5O8. The van der Waals surface area contributed by atoms with Gasteiger partial charge in [0.15, 0.2) is 0 Å². The zero-order chi connectivity index (χ0) is 30.8. The number of anilines is 1. The van der Waals surface area contributed by atoms with E-state index < -0.39 is 18.0 Å². The van der Waals surface area contributed by atoms with Crippen LogP contribution in [0.15, 0.2) is 42.8 Å². The maximum atomic E-state index is 13.1. The number of aromatic nitrogens is 2. The number of rotatable bonds is 9. The fourth-order valence-electron chi connectivity index (χ4n) is 6.00. The van der Waals surface area contributed by atoms with Gasteiger partial charge in [-0.15, -0.1) is 0 Å². The minimum atomic E-state index is -1.26. The van der Waals surface area contributed by atoms with Crippen LogP contribution >= 0.6 is 0 Å². The SMILES string of the molecule is O=C(O)/C=C\C(=O)O.O=C(OC(CN1CCN(c2ncccn2)CC1)CN1C(=O)[C@H]2CC=CC[C@H]2C1=O)C1CCCCC1. The molecule has 2 saturated heterocycles.